The van der Waals surface area contributed by atoms with Crippen LogP contribution in [0.2, 0.25) is 0 Å². The minimum Gasteiger partial charge on any atom is -0.316 e. The fourth-order valence-electron chi connectivity index (χ4n) is 2.64. The highest BCUT2D eigenvalue weighted by atomic mass is 32.2. The van der Waals surface area contributed by atoms with Gasteiger partial charge in [0.05, 0.1) is 6.26 Å². The van der Waals surface area contributed by atoms with Crippen LogP contribution in [0.3, 0.4) is 0 Å². The molecule has 1 rings (SSSR count). The Kier molecular flexibility index (Phi) is 7.19. The van der Waals surface area contributed by atoms with E-state index in [1.54, 1.807) is 0 Å². The molecule has 0 aromatic rings. The van der Waals surface area contributed by atoms with Crippen molar-refractivity contribution in [1.82, 2.24) is 9.62 Å². The quantitative estimate of drug-likeness (QED) is 0.688. The molecule has 0 aliphatic heterocycles. The molecule has 0 amide bonds. The molecule has 18 heavy (non-hydrogen) atoms. The van der Waals surface area contributed by atoms with E-state index in [0.29, 0.717) is 13.1 Å². The van der Waals surface area contributed by atoms with Crippen LogP contribution in [-0.2, 0) is 10.0 Å². The molecule has 0 aromatic carbocycles. The molecule has 0 spiro atoms. The Hall–Kier alpha value is -0.130. The van der Waals surface area contributed by atoms with Gasteiger partial charge in [-0.15, -0.1) is 0 Å². The number of sulfonamides is 1. The first-order chi connectivity index (χ1) is 8.54. The van der Waals surface area contributed by atoms with E-state index < -0.39 is 10.0 Å². The maximum Gasteiger partial charge on any atom is 0.211 e. The van der Waals surface area contributed by atoms with Crippen LogP contribution >= 0.6 is 0 Å². The summed E-state index contributed by atoms with van der Waals surface area (Å²) >= 11 is 0. The summed E-state index contributed by atoms with van der Waals surface area (Å²) in [4.78, 5) is 0. The lowest BCUT2D eigenvalue weighted by atomic mass is 9.89. The highest BCUT2D eigenvalue weighted by Gasteiger charge is 2.14. The molecule has 1 aliphatic rings. The van der Waals surface area contributed by atoms with Crippen molar-refractivity contribution in [2.75, 3.05) is 32.4 Å². The molecule has 108 valence electrons. The van der Waals surface area contributed by atoms with Crippen LogP contribution in [0, 0.1) is 5.92 Å². The Bertz CT molecular complexity index is 311. The van der Waals surface area contributed by atoms with E-state index in [-0.39, 0.29) is 0 Å². The Morgan fingerprint density at radius 1 is 1.22 bits per heavy atom. The predicted octanol–water partition coefficient (Wildman–Crippen LogP) is 1.83. The monoisotopic (exact) mass is 276 g/mol. The average Bonchev–Trinajstić information content (AvgIpc) is 2.33. The summed E-state index contributed by atoms with van der Waals surface area (Å²) in [5, 5.41) is 3.46. The lowest BCUT2D eigenvalue weighted by molar-refractivity contribution is 0.338. The van der Waals surface area contributed by atoms with Crippen molar-refractivity contribution in [2.24, 2.45) is 5.92 Å². The molecule has 0 saturated heterocycles. The van der Waals surface area contributed by atoms with Gasteiger partial charge >= 0.3 is 0 Å². The second-order valence-corrected chi connectivity index (χ2v) is 7.30. The lowest BCUT2D eigenvalue weighted by Gasteiger charge is -2.22. The molecule has 4 nitrogen and oxygen atoms in total. The zero-order chi connectivity index (χ0) is 13.4. The highest BCUT2D eigenvalue weighted by Crippen LogP contribution is 2.22. The molecular weight excluding hydrogens is 248 g/mol. The van der Waals surface area contributed by atoms with Crippen LogP contribution in [-0.4, -0.2) is 45.2 Å². The minimum absolute atomic E-state index is 0.571. The van der Waals surface area contributed by atoms with Crippen LogP contribution in [0.5, 0.6) is 0 Å². The van der Waals surface area contributed by atoms with E-state index in [9.17, 15) is 8.42 Å². The Labute approximate surface area is 112 Å². The SMILES string of the molecule is CCN(CCCNCC1CCCCC1)S(C)(=O)=O. The van der Waals surface area contributed by atoms with Crippen LogP contribution in [0.1, 0.15) is 45.4 Å². The van der Waals surface area contributed by atoms with Crippen LogP contribution in [0.25, 0.3) is 0 Å². The third-order valence-electron chi connectivity index (χ3n) is 3.74. The number of hydrogen-bond acceptors (Lipinski definition) is 3. The summed E-state index contributed by atoms with van der Waals surface area (Å²) in [5.74, 6) is 0.843. The molecular formula is C13H28N2O2S. The molecule has 1 fully saturated rings. The van der Waals surface area contributed by atoms with Gasteiger partial charge in [0.25, 0.3) is 0 Å². The molecule has 0 radical (unpaired) electrons. The molecule has 5 heteroatoms. The summed E-state index contributed by atoms with van der Waals surface area (Å²) in [6.07, 6.45) is 9.05. The molecule has 0 aromatic heterocycles. The minimum atomic E-state index is -3.02. The number of hydrogen-bond donors (Lipinski definition) is 1. The van der Waals surface area contributed by atoms with Crippen molar-refractivity contribution in [2.45, 2.75) is 45.4 Å². The normalized spacial score (nSPS) is 18.4. The molecule has 0 atom stereocenters. The first-order valence-electron chi connectivity index (χ1n) is 7.20. The van der Waals surface area contributed by atoms with Gasteiger partial charge in [-0.25, -0.2) is 12.7 Å². The van der Waals surface area contributed by atoms with E-state index >= 15 is 0 Å². The molecule has 1 aliphatic carbocycles. The van der Waals surface area contributed by atoms with E-state index in [1.807, 2.05) is 6.92 Å². The zero-order valence-electron chi connectivity index (χ0n) is 11.8. The fraction of sp³-hybridized carbons (Fsp3) is 1.00. The van der Waals surface area contributed by atoms with Crippen LogP contribution in [0.15, 0.2) is 0 Å². The molecule has 1 N–H and O–H groups in total. The topological polar surface area (TPSA) is 49.4 Å². The smallest absolute Gasteiger partial charge is 0.211 e. The second-order valence-electron chi connectivity index (χ2n) is 5.32. The maximum absolute atomic E-state index is 11.4. The zero-order valence-corrected chi connectivity index (χ0v) is 12.6. The number of nitrogens with one attached hydrogen (secondary N) is 1. The van der Waals surface area contributed by atoms with Gasteiger partial charge in [0.15, 0.2) is 0 Å². The third kappa shape index (κ3) is 6.16. The van der Waals surface area contributed by atoms with E-state index in [4.69, 9.17) is 0 Å². The molecule has 1 saturated carbocycles. The van der Waals surface area contributed by atoms with Crippen molar-refractivity contribution in [3.8, 4) is 0 Å². The molecule has 0 bridgehead atoms. The van der Waals surface area contributed by atoms with E-state index in [2.05, 4.69) is 5.32 Å². The van der Waals surface area contributed by atoms with Crippen LogP contribution in [0.4, 0.5) is 0 Å². The Morgan fingerprint density at radius 3 is 2.44 bits per heavy atom. The largest absolute Gasteiger partial charge is 0.316 e. The first kappa shape index (κ1) is 15.9. The van der Waals surface area contributed by atoms with Gasteiger partial charge in [-0.3, -0.25) is 0 Å². The highest BCUT2D eigenvalue weighted by molar-refractivity contribution is 7.88. The summed E-state index contributed by atoms with van der Waals surface area (Å²) in [7, 11) is -3.02. The third-order valence-corrected chi connectivity index (χ3v) is 5.12. The van der Waals surface area contributed by atoms with Gasteiger partial charge in [-0.2, -0.15) is 0 Å². The Morgan fingerprint density at radius 2 is 1.89 bits per heavy atom. The standard InChI is InChI=1S/C13H28N2O2S/c1-3-15(18(2,16)17)11-7-10-14-12-13-8-5-4-6-9-13/h13-14H,3-12H2,1-2H3. The predicted molar refractivity (Wildman–Crippen MR) is 76.2 cm³/mol. The van der Waals surface area contributed by atoms with Crippen molar-refractivity contribution in [1.29, 1.82) is 0 Å². The number of nitrogens with zero attached hydrogens (tertiary/aromatic N) is 1. The van der Waals surface area contributed by atoms with Crippen LogP contribution < -0.4 is 5.32 Å². The van der Waals surface area contributed by atoms with Gasteiger partial charge in [-0.05, 0) is 38.3 Å². The van der Waals surface area contributed by atoms with Crippen molar-refractivity contribution < 1.29 is 8.42 Å². The van der Waals surface area contributed by atoms with Gasteiger partial charge < -0.3 is 5.32 Å². The molecule has 0 unspecified atom stereocenters. The van der Waals surface area contributed by atoms with Gasteiger partial charge in [-0.1, -0.05) is 26.2 Å². The number of rotatable bonds is 8. The van der Waals surface area contributed by atoms with Gasteiger partial charge in [0.1, 0.15) is 0 Å². The first-order valence-corrected chi connectivity index (χ1v) is 9.04. The fourth-order valence-corrected chi connectivity index (χ4v) is 3.57. The summed E-state index contributed by atoms with van der Waals surface area (Å²) < 4.78 is 24.3. The molecule has 0 heterocycles. The van der Waals surface area contributed by atoms with Gasteiger partial charge in [0, 0.05) is 13.1 Å². The van der Waals surface area contributed by atoms with E-state index in [1.165, 1.54) is 42.7 Å². The van der Waals surface area contributed by atoms with Crippen molar-refractivity contribution >= 4 is 10.0 Å². The van der Waals surface area contributed by atoms with Crippen molar-refractivity contribution in [3.63, 3.8) is 0 Å². The lowest BCUT2D eigenvalue weighted by Crippen LogP contribution is -2.33. The van der Waals surface area contributed by atoms with Crippen molar-refractivity contribution in [3.05, 3.63) is 0 Å². The summed E-state index contributed by atoms with van der Waals surface area (Å²) in [6.45, 7) is 5.11. The summed E-state index contributed by atoms with van der Waals surface area (Å²) in [5.41, 5.74) is 0. The second kappa shape index (κ2) is 8.12. The maximum atomic E-state index is 11.4. The van der Waals surface area contributed by atoms with Gasteiger partial charge in [0.2, 0.25) is 10.0 Å². The Balaban J connectivity index is 2.07. The summed E-state index contributed by atoms with van der Waals surface area (Å²) in [6, 6.07) is 0. The van der Waals surface area contributed by atoms with E-state index in [0.717, 1.165) is 25.4 Å². The average molecular weight is 276 g/mol.